The summed E-state index contributed by atoms with van der Waals surface area (Å²) in [7, 11) is 0. The van der Waals surface area contributed by atoms with Crippen molar-refractivity contribution in [2.24, 2.45) is 15.9 Å². The average molecular weight is 393 g/mol. The molecule has 1 aliphatic rings. The third-order valence-corrected chi connectivity index (χ3v) is 4.71. The summed E-state index contributed by atoms with van der Waals surface area (Å²) >= 11 is 0. The molecule has 28 heavy (non-hydrogen) atoms. The van der Waals surface area contributed by atoms with E-state index in [2.05, 4.69) is 20.3 Å². The van der Waals surface area contributed by atoms with Gasteiger partial charge in [-0.3, -0.25) is 14.6 Å². The van der Waals surface area contributed by atoms with Crippen LogP contribution in [0.4, 0.5) is 13.2 Å². The zero-order chi connectivity index (χ0) is 20.3. The van der Waals surface area contributed by atoms with Crippen LogP contribution in [-0.2, 0) is 6.18 Å². The Morgan fingerprint density at radius 2 is 2.11 bits per heavy atom. The Labute approximate surface area is 162 Å². The third-order valence-electron chi connectivity index (χ3n) is 4.71. The van der Waals surface area contributed by atoms with Crippen LogP contribution < -0.4 is 5.32 Å². The van der Waals surface area contributed by atoms with E-state index in [0.717, 1.165) is 12.1 Å². The molecule has 0 bridgehead atoms. The Bertz CT molecular complexity index is 878. The highest BCUT2D eigenvalue weighted by molar-refractivity contribution is 6.29. The van der Waals surface area contributed by atoms with Gasteiger partial charge in [-0.2, -0.15) is 13.2 Å². The molecule has 1 N–H and O–H groups in total. The Balaban J connectivity index is 1.98. The molecule has 3 rings (SSSR count). The molecule has 1 aliphatic carbocycles. The molecule has 2 aromatic rings. The number of hydrogen-bond donors (Lipinski definition) is 1. The lowest BCUT2D eigenvalue weighted by molar-refractivity contribution is -0.147. The highest BCUT2D eigenvalue weighted by atomic mass is 19.4. The lowest BCUT2D eigenvalue weighted by Crippen LogP contribution is -2.26. The van der Waals surface area contributed by atoms with Gasteiger partial charge in [0, 0.05) is 13.1 Å². The Kier molecular flexibility index (Phi) is 6.05. The summed E-state index contributed by atoms with van der Waals surface area (Å²) in [6.07, 6.45) is -0.934. The number of aryl methyl sites for hydroxylation is 1. The van der Waals surface area contributed by atoms with Gasteiger partial charge < -0.3 is 5.32 Å². The Hall–Kier alpha value is -2.38. The summed E-state index contributed by atoms with van der Waals surface area (Å²) in [6, 6.07) is 5.13. The van der Waals surface area contributed by atoms with Crippen molar-refractivity contribution in [1.82, 2.24) is 14.9 Å². The van der Waals surface area contributed by atoms with Gasteiger partial charge in [0.25, 0.3) is 0 Å². The van der Waals surface area contributed by atoms with Crippen LogP contribution in [0.2, 0.25) is 0 Å². The molecule has 0 radical (unpaired) electrons. The first-order valence-corrected chi connectivity index (χ1v) is 9.70. The van der Waals surface area contributed by atoms with Crippen molar-refractivity contribution in [2.45, 2.75) is 52.4 Å². The van der Waals surface area contributed by atoms with E-state index >= 15 is 0 Å². The van der Waals surface area contributed by atoms with Gasteiger partial charge in [-0.25, -0.2) is 4.98 Å². The minimum Gasteiger partial charge on any atom is -0.369 e. The van der Waals surface area contributed by atoms with Gasteiger partial charge in [-0.1, -0.05) is 13.0 Å². The molecule has 8 heteroatoms. The summed E-state index contributed by atoms with van der Waals surface area (Å²) in [5, 5.41) is 3.13. The molecule has 1 heterocycles. The zero-order valence-corrected chi connectivity index (χ0v) is 16.4. The molecule has 1 aromatic carbocycles. The van der Waals surface area contributed by atoms with Crippen LogP contribution in [0.15, 0.2) is 28.2 Å². The maximum absolute atomic E-state index is 13.6. The van der Waals surface area contributed by atoms with Gasteiger partial charge in [0.05, 0.1) is 17.2 Å². The van der Waals surface area contributed by atoms with Crippen molar-refractivity contribution in [3.05, 3.63) is 29.6 Å². The molecule has 5 nitrogen and oxygen atoms in total. The second-order valence-corrected chi connectivity index (χ2v) is 7.16. The minimum atomic E-state index is -4.56. The summed E-state index contributed by atoms with van der Waals surface area (Å²) in [5.74, 6) is 0.320. The van der Waals surface area contributed by atoms with Crippen LogP contribution >= 0.6 is 0 Å². The van der Waals surface area contributed by atoms with E-state index in [0.29, 0.717) is 35.8 Å². The minimum absolute atomic E-state index is 0.329. The fourth-order valence-electron chi connectivity index (χ4n) is 3.07. The first-order valence-electron chi connectivity index (χ1n) is 9.70. The molecule has 152 valence electrons. The van der Waals surface area contributed by atoms with Crippen molar-refractivity contribution in [2.75, 3.05) is 13.1 Å². The van der Waals surface area contributed by atoms with Crippen molar-refractivity contribution in [3.8, 4) is 0 Å². The van der Waals surface area contributed by atoms with E-state index < -0.39 is 18.2 Å². The first kappa shape index (κ1) is 20.4. The van der Waals surface area contributed by atoms with Crippen LogP contribution in [0.1, 0.15) is 50.7 Å². The topological polar surface area (TPSA) is 54.6 Å². The lowest BCUT2D eigenvalue weighted by atomic mass is 10.2. The fourth-order valence-corrected chi connectivity index (χ4v) is 3.07. The highest BCUT2D eigenvalue weighted by Gasteiger charge is 2.39. The van der Waals surface area contributed by atoms with Crippen LogP contribution in [0, 0.1) is 12.8 Å². The standard InChI is InChI=1S/C20H26F3N5/c1-4-18(26-12-17(24-5-2)25-11-14-7-8-14)28-16-9-6-13(3)10-15(16)27-19(28)20(21,22)23/h6,9-10,12,14,18H,4-5,7-8,11H2,1-3H3,(H,24,25). The van der Waals surface area contributed by atoms with E-state index in [9.17, 15) is 13.2 Å². The molecule has 0 spiro atoms. The van der Waals surface area contributed by atoms with Crippen molar-refractivity contribution in [3.63, 3.8) is 0 Å². The number of alkyl halides is 3. The van der Waals surface area contributed by atoms with E-state index in [1.54, 1.807) is 24.4 Å². The SMILES string of the molecule is CCNC(C=NC(CC)n1c(C(F)(F)F)nc2cc(C)ccc21)=NCC1CC1. The van der Waals surface area contributed by atoms with E-state index in [4.69, 9.17) is 0 Å². The number of nitrogens with zero attached hydrogens (tertiary/aromatic N) is 4. The summed E-state index contributed by atoms with van der Waals surface area (Å²) in [6.45, 7) is 7.00. The molecular formula is C20H26F3N5. The number of rotatable bonds is 7. The van der Waals surface area contributed by atoms with Gasteiger partial charge in [0.2, 0.25) is 5.82 Å². The molecule has 1 unspecified atom stereocenters. The number of hydrogen-bond acceptors (Lipinski definition) is 3. The lowest BCUT2D eigenvalue weighted by Gasteiger charge is -2.18. The second kappa shape index (κ2) is 8.32. The highest BCUT2D eigenvalue weighted by Crippen LogP contribution is 2.35. The predicted molar refractivity (Wildman–Crippen MR) is 106 cm³/mol. The van der Waals surface area contributed by atoms with E-state index in [1.165, 1.54) is 17.4 Å². The molecule has 1 fully saturated rings. The van der Waals surface area contributed by atoms with Gasteiger partial charge in [-0.15, -0.1) is 0 Å². The number of aliphatic imine (C=N–C) groups is 2. The number of halogens is 3. The molecule has 0 saturated heterocycles. The number of imidazole rings is 1. The van der Waals surface area contributed by atoms with Gasteiger partial charge in [-0.05, 0) is 56.7 Å². The summed E-state index contributed by atoms with van der Waals surface area (Å²) in [4.78, 5) is 12.8. The maximum atomic E-state index is 13.6. The molecule has 1 aromatic heterocycles. The largest absolute Gasteiger partial charge is 0.449 e. The number of nitrogens with one attached hydrogen (secondary N) is 1. The average Bonchev–Trinajstić information content (AvgIpc) is 3.39. The van der Waals surface area contributed by atoms with Gasteiger partial charge in [0.15, 0.2) is 0 Å². The second-order valence-electron chi connectivity index (χ2n) is 7.16. The Morgan fingerprint density at radius 3 is 2.71 bits per heavy atom. The van der Waals surface area contributed by atoms with Crippen LogP contribution in [0.25, 0.3) is 11.0 Å². The smallest absolute Gasteiger partial charge is 0.369 e. The zero-order valence-electron chi connectivity index (χ0n) is 16.4. The normalized spacial score (nSPS) is 16.9. The third kappa shape index (κ3) is 4.72. The molecule has 0 amide bonds. The van der Waals surface area contributed by atoms with E-state index in [1.807, 2.05) is 20.8 Å². The monoisotopic (exact) mass is 393 g/mol. The van der Waals surface area contributed by atoms with E-state index in [-0.39, 0.29) is 0 Å². The van der Waals surface area contributed by atoms with Gasteiger partial charge >= 0.3 is 6.18 Å². The van der Waals surface area contributed by atoms with Gasteiger partial charge in [0.1, 0.15) is 12.0 Å². The first-order chi connectivity index (χ1) is 13.3. The van der Waals surface area contributed by atoms with Crippen molar-refractivity contribution in [1.29, 1.82) is 0 Å². The van der Waals surface area contributed by atoms with Crippen molar-refractivity contribution >= 4 is 23.1 Å². The Morgan fingerprint density at radius 1 is 1.36 bits per heavy atom. The number of amidine groups is 1. The number of fused-ring (bicyclic) bond motifs is 1. The number of benzene rings is 1. The van der Waals surface area contributed by atoms with Crippen LogP contribution in [0.3, 0.4) is 0 Å². The van der Waals surface area contributed by atoms with Crippen LogP contribution in [0.5, 0.6) is 0 Å². The predicted octanol–water partition coefficient (Wildman–Crippen LogP) is 4.76. The van der Waals surface area contributed by atoms with Crippen molar-refractivity contribution < 1.29 is 13.2 Å². The quantitative estimate of drug-likeness (QED) is 0.545. The molecule has 1 atom stereocenters. The summed E-state index contributed by atoms with van der Waals surface area (Å²) < 4.78 is 42.1. The maximum Gasteiger partial charge on any atom is 0.449 e. The summed E-state index contributed by atoms with van der Waals surface area (Å²) in [5.41, 5.74) is 1.63. The molecule has 1 saturated carbocycles. The number of aromatic nitrogens is 2. The molecular weight excluding hydrogens is 367 g/mol. The van der Waals surface area contributed by atoms with Crippen LogP contribution in [-0.4, -0.2) is 34.7 Å². The fraction of sp³-hybridized carbons (Fsp3) is 0.550. The molecule has 0 aliphatic heterocycles.